The monoisotopic (exact) mass is 371 g/mol. The van der Waals surface area contributed by atoms with E-state index in [2.05, 4.69) is 17.0 Å². The first-order chi connectivity index (χ1) is 12.9. The molecule has 1 saturated heterocycles. The Labute approximate surface area is 157 Å². The van der Waals surface area contributed by atoms with Gasteiger partial charge in [-0.2, -0.15) is 5.10 Å². The number of pyridine rings is 1. The molecule has 27 heavy (non-hydrogen) atoms. The Hall–Kier alpha value is -2.90. The molecule has 0 saturated carbocycles. The number of carbonyl (C=O) groups excluding carboxylic acids is 2. The van der Waals surface area contributed by atoms with Gasteiger partial charge >= 0.3 is 0 Å². The molecule has 0 atom stereocenters. The predicted octanol–water partition coefficient (Wildman–Crippen LogP) is 1.20. The van der Waals surface area contributed by atoms with Crippen molar-refractivity contribution in [3.05, 3.63) is 51.2 Å². The van der Waals surface area contributed by atoms with Crippen LogP contribution in [0.15, 0.2) is 23.1 Å². The molecule has 2 aromatic heterocycles. The van der Waals surface area contributed by atoms with Gasteiger partial charge in [-0.25, -0.2) is 0 Å². The van der Waals surface area contributed by atoms with E-state index in [-0.39, 0.29) is 17.4 Å². The predicted molar refractivity (Wildman–Crippen MR) is 101 cm³/mol. The molecule has 8 nitrogen and oxygen atoms in total. The molecule has 0 radical (unpaired) electrons. The first-order valence-electron chi connectivity index (χ1n) is 9.23. The highest BCUT2D eigenvalue weighted by Crippen LogP contribution is 2.18. The third-order valence-electron chi connectivity index (χ3n) is 4.92. The molecule has 0 unspecified atom stereocenters. The quantitative estimate of drug-likeness (QED) is 0.874. The molecule has 0 spiro atoms. The fourth-order valence-corrected chi connectivity index (χ4v) is 3.43. The van der Waals surface area contributed by atoms with Crippen molar-refractivity contribution >= 4 is 11.8 Å². The molecule has 3 rings (SSSR count). The maximum Gasteiger partial charge on any atom is 0.257 e. The van der Waals surface area contributed by atoms with Crippen molar-refractivity contribution < 1.29 is 9.59 Å². The molecule has 3 heterocycles. The minimum absolute atomic E-state index is 0.0245. The molecule has 1 aliphatic rings. The van der Waals surface area contributed by atoms with Crippen LogP contribution in [-0.4, -0.2) is 62.6 Å². The van der Waals surface area contributed by atoms with Crippen LogP contribution in [0.4, 0.5) is 0 Å². The van der Waals surface area contributed by atoms with E-state index >= 15 is 0 Å². The van der Waals surface area contributed by atoms with Crippen molar-refractivity contribution in [3.8, 4) is 0 Å². The van der Waals surface area contributed by atoms with Gasteiger partial charge < -0.3 is 14.8 Å². The van der Waals surface area contributed by atoms with Gasteiger partial charge in [-0.1, -0.05) is 6.92 Å². The second-order valence-electron chi connectivity index (χ2n) is 6.79. The van der Waals surface area contributed by atoms with Gasteiger partial charge in [0.15, 0.2) is 0 Å². The lowest BCUT2D eigenvalue weighted by Crippen LogP contribution is -2.50. The molecule has 1 fully saturated rings. The Kier molecular flexibility index (Phi) is 5.43. The zero-order chi connectivity index (χ0) is 19.6. The van der Waals surface area contributed by atoms with Crippen molar-refractivity contribution in [2.45, 2.75) is 33.7 Å². The first-order valence-corrected chi connectivity index (χ1v) is 9.23. The summed E-state index contributed by atoms with van der Waals surface area (Å²) in [7, 11) is 0. The lowest BCUT2D eigenvalue weighted by atomic mass is 10.1. The van der Waals surface area contributed by atoms with Crippen molar-refractivity contribution in [2.75, 3.05) is 26.2 Å². The van der Waals surface area contributed by atoms with Gasteiger partial charge in [-0.3, -0.25) is 19.1 Å². The van der Waals surface area contributed by atoms with E-state index in [4.69, 9.17) is 0 Å². The van der Waals surface area contributed by atoms with E-state index in [9.17, 15) is 14.4 Å². The van der Waals surface area contributed by atoms with Gasteiger partial charge in [0.05, 0.1) is 16.8 Å². The number of nitrogens with one attached hydrogen (secondary N) is 1. The Morgan fingerprint density at radius 2 is 1.70 bits per heavy atom. The summed E-state index contributed by atoms with van der Waals surface area (Å²) in [6.07, 6.45) is 2.39. The minimum atomic E-state index is -0.240. The summed E-state index contributed by atoms with van der Waals surface area (Å²) < 4.78 is 1.89. The number of carbonyl (C=O) groups is 2. The number of H-pyrrole nitrogens is 1. The maximum absolute atomic E-state index is 13.0. The van der Waals surface area contributed by atoms with Gasteiger partial charge in [0.1, 0.15) is 0 Å². The molecule has 0 aromatic carbocycles. The van der Waals surface area contributed by atoms with E-state index in [0.717, 1.165) is 24.4 Å². The highest BCUT2D eigenvalue weighted by molar-refractivity contribution is 5.97. The van der Waals surface area contributed by atoms with Gasteiger partial charge in [0.25, 0.3) is 11.8 Å². The highest BCUT2D eigenvalue weighted by Gasteiger charge is 2.28. The van der Waals surface area contributed by atoms with Crippen LogP contribution < -0.4 is 5.56 Å². The summed E-state index contributed by atoms with van der Waals surface area (Å²) in [5.41, 5.74) is 2.52. The van der Waals surface area contributed by atoms with Crippen molar-refractivity contribution in [2.24, 2.45) is 0 Å². The summed E-state index contributed by atoms with van der Waals surface area (Å²) in [6.45, 7) is 8.55. The molecule has 1 N–H and O–H groups in total. The fraction of sp³-hybridized carbons (Fsp3) is 0.474. The highest BCUT2D eigenvalue weighted by atomic mass is 16.2. The molecule has 8 heteroatoms. The number of rotatable bonds is 4. The number of piperazine rings is 1. The Bertz CT molecular complexity index is 886. The molecular weight excluding hydrogens is 346 g/mol. The molecule has 2 aromatic rings. The summed E-state index contributed by atoms with van der Waals surface area (Å²) in [5, 5.41) is 4.48. The second kappa shape index (κ2) is 7.77. The maximum atomic E-state index is 13.0. The Morgan fingerprint density at radius 3 is 2.26 bits per heavy atom. The third-order valence-corrected chi connectivity index (χ3v) is 4.92. The van der Waals surface area contributed by atoms with Crippen LogP contribution >= 0.6 is 0 Å². The lowest BCUT2D eigenvalue weighted by molar-refractivity contribution is 0.0534. The largest absolute Gasteiger partial charge is 0.335 e. The molecule has 1 aliphatic heterocycles. The Morgan fingerprint density at radius 1 is 1.07 bits per heavy atom. The number of aryl methyl sites for hydroxylation is 2. The van der Waals surface area contributed by atoms with Crippen LogP contribution in [0.1, 0.15) is 45.4 Å². The average molecular weight is 371 g/mol. The van der Waals surface area contributed by atoms with Crippen molar-refractivity contribution in [1.82, 2.24) is 24.6 Å². The number of amides is 2. The number of aromatic amines is 1. The standard InChI is InChI=1S/C19H25N5O3/c1-4-7-24-14(3)17(13(2)21-24)19(27)23-10-8-22(9-11-23)18(26)15-5-6-16(25)20-12-15/h5-6,12H,4,7-11H2,1-3H3,(H,20,25). The lowest BCUT2D eigenvalue weighted by Gasteiger charge is -2.34. The van der Waals surface area contributed by atoms with E-state index in [1.807, 2.05) is 18.5 Å². The van der Waals surface area contributed by atoms with Crippen LogP contribution in [0.25, 0.3) is 0 Å². The number of nitrogens with zero attached hydrogens (tertiary/aromatic N) is 4. The topological polar surface area (TPSA) is 91.3 Å². The van der Waals surface area contributed by atoms with Crippen LogP contribution in [-0.2, 0) is 6.54 Å². The van der Waals surface area contributed by atoms with Gasteiger partial charge in [-0.05, 0) is 26.3 Å². The van der Waals surface area contributed by atoms with Gasteiger partial charge in [0.2, 0.25) is 5.56 Å². The summed E-state index contributed by atoms with van der Waals surface area (Å²) in [6, 6.07) is 2.86. The second-order valence-corrected chi connectivity index (χ2v) is 6.79. The third kappa shape index (κ3) is 3.79. The van der Waals surface area contributed by atoms with Crippen molar-refractivity contribution in [1.29, 1.82) is 0 Å². The first kappa shape index (κ1) is 18.9. The van der Waals surface area contributed by atoms with E-state index in [1.165, 1.54) is 18.3 Å². The zero-order valence-corrected chi connectivity index (χ0v) is 16.0. The van der Waals surface area contributed by atoms with Crippen LogP contribution in [0.3, 0.4) is 0 Å². The molecule has 144 valence electrons. The summed E-state index contributed by atoms with van der Waals surface area (Å²) >= 11 is 0. The van der Waals surface area contributed by atoms with Crippen LogP contribution in [0.5, 0.6) is 0 Å². The molecule has 0 aliphatic carbocycles. The zero-order valence-electron chi connectivity index (χ0n) is 16.0. The number of aromatic nitrogens is 3. The summed E-state index contributed by atoms with van der Waals surface area (Å²) in [5.74, 6) is -0.162. The average Bonchev–Trinajstić information content (AvgIpc) is 2.95. The Balaban J connectivity index is 1.67. The SMILES string of the molecule is CCCn1nc(C)c(C(=O)N2CCN(C(=O)c3ccc(=O)[nH]c3)CC2)c1C. The van der Waals surface area contributed by atoms with Crippen molar-refractivity contribution in [3.63, 3.8) is 0 Å². The minimum Gasteiger partial charge on any atom is -0.335 e. The normalized spacial score (nSPS) is 14.5. The van der Waals surface area contributed by atoms with E-state index in [0.29, 0.717) is 37.3 Å². The molecule has 0 bridgehead atoms. The fourth-order valence-electron chi connectivity index (χ4n) is 3.43. The van der Waals surface area contributed by atoms with Gasteiger partial charge in [0, 0.05) is 50.7 Å². The van der Waals surface area contributed by atoms with Crippen LogP contribution in [0, 0.1) is 13.8 Å². The van der Waals surface area contributed by atoms with Crippen LogP contribution in [0.2, 0.25) is 0 Å². The number of hydrogen-bond donors (Lipinski definition) is 1. The van der Waals surface area contributed by atoms with E-state index < -0.39 is 0 Å². The smallest absolute Gasteiger partial charge is 0.257 e. The summed E-state index contributed by atoms with van der Waals surface area (Å²) in [4.78, 5) is 42.6. The molecular formula is C19H25N5O3. The van der Waals surface area contributed by atoms with E-state index in [1.54, 1.807) is 9.80 Å². The molecule has 2 amide bonds. The number of hydrogen-bond acceptors (Lipinski definition) is 4. The van der Waals surface area contributed by atoms with Gasteiger partial charge in [-0.15, -0.1) is 0 Å².